The van der Waals surface area contributed by atoms with Crippen LogP contribution in [0.2, 0.25) is 0 Å². The molecule has 4 nitrogen and oxygen atoms in total. The van der Waals surface area contributed by atoms with Crippen molar-refractivity contribution < 1.29 is 18.9 Å². The van der Waals surface area contributed by atoms with Gasteiger partial charge in [0.15, 0.2) is 0 Å². The lowest BCUT2D eigenvalue weighted by molar-refractivity contribution is 0.261. The van der Waals surface area contributed by atoms with Gasteiger partial charge in [-0.15, -0.1) is 0 Å². The molecule has 4 heteroatoms. The first-order valence-corrected chi connectivity index (χ1v) is 7.57. The third-order valence-electron chi connectivity index (χ3n) is 3.72. The second-order valence-corrected chi connectivity index (χ2v) is 5.53. The van der Waals surface area contributed by atoms with E-state index in [4.69, 9.17) is 18.9 Å². The largest absolute Gasteiger partial charge is 0.490 e. The normalized spacial score (nSPS) is 22.2. The minimum Gasteiger partial charge on any atom is -0.490 e. The van der Waals surface area contributed by atoms with Crippen molar-refractivity contribution >= 4 is 0 Å². The molecule has 4 rings (SSSR count). The molecule has 2 fully saturated rings. The first kappa shape index (κ1) is 13.6. The number of epoxide rings is 2. The summed E-state index contributed by atoms with van der Waals surface area (Å²) in [5.41, 5.74) is 2.07. The van der Waals surface area contributed by atoms with E-state index in [1.54, 1.807) is 0 Å². The van der Waals surface area contributed by atoms with E-state index in [1.165, 1.54) is 0 Å². The highest BCUT2D eigenvalue weighted by molar-refractivity contribution is 5.75. The van der Waals surface area contributed by atoms with Crippen molar-refractivity contribution in [1.29, 1.82) is 0 Å². The van der Waals surface area contributed by atoms with Gasteiger partial charge < -0.3 is 18.9 Å². The Labute approximate surface area is 129 Å². The van der Waals surface area contributed by atoms with Crippen molar-refractivity contribution in [3.63, 3.8) is 0 Å². The topological polar surface area (TPSA) is 43.5 Å². The summed E-state index contributed by atoms with van der Waals surface area (Å²) in [6.45, 7) is 2.78. The Hall–Kier alpha value is -2.04. The van der Waals surface area contributed by atoms with Gasteiger partial charge in [-0.2, -0.15) is 0 Å². The smallest absolute Gasteiger partial charge is 0.127 e. The van der Waals surface area contributed by atoms with E-state index in [0.717, 1.165) is 35.8 Å². The summed E-state index contributed by atoms with van der Waals surface area (Å²) in [4.78, 5) is 0. The quantitative estimate of drug-likeness (QED) is 0.737. The highest BCUT2D eigenvalue weighted by atomic mass is 16.6. The summed E-state index contributed by atoms with van der Waals surface area (Å²) in [6.07, 6.45) is 0.484. The third kappa shape index (κ3) is 3.24. The maximum atomic E-state index is 5.90. The van der Waals surface area contributed by atoms with Gasteiger partial charge in [-0.05, 0) is 12.1 Å². The van der Waals surface area contributed by atoms with E-state index in [2.05, 4.69) is 12.1 Å². The van der Waals surface area contributed by atoms with Crippen molar-refractivity contribution in [3.05, 3.63) is 48.5 Å². The van der Waals surface area contributed by atoms with Crippen LogP contribution < -0.4 is 9.47 Å². The molecule has 2 unspecified atom stereocenters. The molecule has 2 aliphatic rings. The number of ether oxygens (including phenoxy) is 4. The molecule has 0 amide bonds. The monoisotopic (exact) mass is 298 g/mol. The first-order chi connectivity index (χ1) is 10.9. The lowest BCUT2D eigenvalue weighted by Gasteiger charge is -2.14. The molecule has 0 saturated carbocycles. The van der Waals surface area contributed by atoms with Crippen LogP contribution in [0.15, 0.2) is 48.5 Å². The fourth-order valence-electron chi connectivity index (χ4n) is 2.32. The molecule has 114 valence electrons. The summed E-state index contributed by atoms with van der Waals surface area (Å²) in [5, 5.41) is 0. The highest BCUT2D eigenvalue weighted by Crippen LogP contribution is 2.36. The predicted octanol–water partition coefficient (Wildman–Crippen LogP) is 2.91. The van der Waals surface area contributed by atoms with Gasteiger partial charge in [-0.25, -0.2) is 0 Å². The maximum absolute atomic E-state index is 5.90. The van der Waals surface area contributed by atoms with Crippen LogP contribution in [0.25, 0.3) is 11.1 Å². The summed E-state index contributed by atoms with van der Waals surface area (Å²) < 4.78 is 22.2. The lowest BCUT2D eigenvalue weighted by atomic mass is 10.0. The van der Waals surface area contributed by atoms with Gasteiger partial charge in [0.2, 0.25) is 0 Å². The van der Waals surface area contributed by atoms with Crippen LogP contribution in [-0.4, -0.2) is 38.6 Å². The Morgan fingerprint density at radius 3 is 1.55 bits per heavy atom. The maximum Gasteiger partial charge on any atom is 0.127 e. The van der Waals surface area contributed by atoms with E-state index < -0.39 is 0 Å². The first-order valence-electron chi connectivity index (χ1n) is 7.57. The van der Waals surface area contributed by atoms with E-state index >= 15 is 0 Å². The van der Waals surface area contributed by atoms with Crippen LogP contribution in [-0.2, 0) is 9.47 Å². The number of para-hydroxylation sites is 2. The van der Waals surface area contributed by atoms with Gasteiger partial charge in [0.1, 0.15) is 36.9 Å². The molecule has 2 heterocycles. The van der Waals surface area contributed by atoms with Gasteiger partial charge in [0, 0.05) is 11.1 Å². The summed E-state index contributed by atoms with van der Waals surface area (Å²) in [6, 6.07) is 16.1. The fourth-order valence-corrected chi connectivity index (χ4v) is 2.32. The SMILES string of the molecule is c1ccc(-c2ccccc2OCC2CO2)c(OCC2CO2)c1. The second kappa shape index (κ2) is 5.99. The van der Waals surface area contributed by atoms with Crippen LogP contribution in [0.5, 0.6) is 11.5 Å². The minimum absolute atomic E-state index is 0.242. The zero-order chi connectivity index (χ0) is 14.8. The Kier molecular flexibility index (Phi) is 3.70. The molecule has 2 aromatic carbocycles. The average Bonchev–Trinajstić information content (AvgIpc) is 3.47. The molecule has 0 aromatic heterocycles. The van der Waals surface area contributed by atoms with E-state index in [-0.39, 0.29) is 12.2 Å². The number of rotatable bonds is 7. The molecule has 2 atom stereocenters. The molecule has 0 bridgehead atoms. The van der Waals surface area contributed by atoms with E-state index in [1.807, 2.05) is 36.4 Å². The molecular weight excluding hydrogens is 280 g/mol. The molecule has 2 aromatic rings. The van der Waals surface area contributed by atoms with Gasteiger partial charge in [-0.1, -0.05) is 36.4 Å². The molecule has 0 aliphatic carbocycles. The molecule has 22 heavy (non-hydrogen) atoms. The molecule has 0 spiro atoms. The predicted molar refractivity (Wildman–Crippen MR) is 82.3 cm³/mol. The standard InChI is InChI=1S/C18H18O4/c1-3-7-17(21-11-13-9-19-13)15(5-1)16-6-2-4-8-18(16)22-12-14-10-20-14/h1-8,13-14H,9-12H2. The summed E-state index contributed by atoms with van der Waals surface area (Å²) >= 11 is 0. The van der Waals surface area contributed by atoms with Crippen molar-refractivity contribution in [2.75, 3.05) is 26.4 Å². The molecule has 0 N–H and O–H groups in total. The Morgan fingerprint density at radius 2 is 1.14 bits per heavy atom. The molecular formula is C18H18O4. The van der Waals surface area contributed by atoms with Crippen molar-refractivity contribution in [2.45, 2.75) is 12.2 Å². The molecule has 0 radical (unpaired) electrons. The Bertz CT molecular complexity index is 590. The van der Waals surface area contributed by atoms with Crippen LogP contribution in [0, 0.1) is 0 Å². The van der Waals surface area contributed by atoms with Crippen LogP contribution in [0.3, 0.4) is 0 Å². The average molecular weight is 298 g/mol. The van der Waals surface area contributed by atoms with Crippen molar-refractivity contribution in [1.82, 2.24) is 0 Å². The zero-order valence-corrected chi connectivity index (χ0v) is 12.2. The van der Waals surface area contributed by atoms with Crippen molar-refractivity contribution in [3.8, 4) is 22.6 Å². The number of benzene rings is 2. The third-order valence-corrected chi connectivity index (χ3v) is 3.72. The Morgan fingerprint density at radius 1 is 0.727 bits per heavy atom. The van der Waals surface area contributed by atoms with E-state index in [9.17, 15) is 0 Å². The van der Waals surface area contributed by atoms with E-state index in [0.29, 0.717) is 13.2 Å². The van der Waals surface area contributed by atoms with Gasteiger partial charge in [-0.3, -0.25) is 0 Å². The number of hydrogen-bond donors (Lipinski definition) is 0. The lowest BCUT2D eigenvalue weighted by Crippen LogP contribution is -2.06. The second-order valence-electron chi connectivity index (χ2n) is 5.53. The fraction of sp³-hybridized carbons (Fsp3) is 0.333. The van der Waals surface area contributed by atoms with Crippen LogP contribution in [0.4, 0.5) is 0 Å². The summed E-state index contributed by atoms with van der Waals surface area (Å²) in [5.74, 6) is 1.72. The number of hydrogen-bond acceptors (Lipinski definition) is 4. The van der Waals surface area contributed by atoms with Gasteiger partial charge >= 0.3 is 0 Å². The van der Waals surface area contributed by atoms with Crippen molar-refractivity contribution in [2.24, 2.45) is 0 Å². The zero-order valence-electron chi connectivity index (χ0n) is 12.2. The molecule has 2 aliphatic heterocycles. The van der Waals surface area contributed by atoms with Gasteiger partial charge in [0.25, 0.3) is 0 Å². The molecule has 2 saturated heterocycles. The van der Waals surface area contributed by atoms with Gasteiger partial charge in [0.05, 0.1) is 13.2 Å². The van der Waals surface area contributed by atoms with Crippen LogP contribution >= 0.6 is 0 Å². The Balaban J connectivity index is 1.59. The highest BCUT2D eigenvalue weighted by Gasteiger charge is 2.25. The van der Waals surface area contributed by atoms with Crippen LogP contribution in [0.1, 0.15) is 0 Å². The summed E-state index contributed by atoms with van der Waals surface area (Å²) in [7, 11) is 0. The minimum atomic E-state index is 0.242.